The van der Waals surface area contributed by atoms with Crippen molar-refractivity contribution in [3.05, 3.63) is 0 Å². The van der Waals surface area contributed by atoms with E-state index >= 15 is 0 Å². The van der Waals surface area contributed by atoms with Crippen LogP contribution in [0.4, 0.5) is 0 Å². The van der Waals surface area contributed by atoms with Crippen molar-refractivity contribution >= 4 is 29.8 Å². The molecule has 0 N–H and O–H groups in total. The Hall–Kier alpha value is 1.70. The van der Waals surface area contributed by atoms with Gasteiger partial charge in [0.1, 0.15) is 0 Å². The fourth-order valence-electron chi connectivity index (χ4n) is 0. The predicted octanol–water partition coefficient (Wildman–Crippen LogP) is 1.97. The zero-order valence-electron chi connectivity index (χ0n) is 1.57. The van der Waals surface area contributed by atoms with Crippen LogP contribution < -0.4 is 0 Å². The van der Waals surface area contributed by atoms with Crippen LogP contribution in [0.15, 0.2) is 0 Å². The van der Waals surface area contributed by atoms with E-state index in [0.29, 0.717) is 0 Å². The Morgan fingerprint density at radius 2 is 1.25 bits per heavy atom. The molecule has 0 spiro atoms. The zero-order chi connectivity index (χ0) is 2.71. The van der Waals surface area contributed by atoms with E-state index in [4.69, 9.17) is 22.5 Å². The molecule has 0 bridgehead atoms. The van der Waals surface area contributed by atoms with Gasteiger partial charge in [0.05, 0.1) is 7.29 Å². The third-order valence-electron chi connectivity index (χ3n) is 0. The fourth-order valence-corrected chi connectivity index (χ4v) is 0. The first kappa shape index (κ1) is 9.20. The van der Waals surface area contributed by atoms with E-state index in [1.165, 1.54) is 0 Å². The molecule has 0 saturated heterocycles. The summed E-state index contributed by atoms with van der Waals surface area (Å²) in [6.07, 6.45) is 0. The van der Waals surface area contributed by atoms with Gasteiger partial charge in [0, 0.05) is 21.1 Å². The van der Waals surface area contributed by atoms with Gasteiger partial charge in [-0.1, -0.05) is 22.5 Å². The molecule has 0 unspecified atom stereocenters. The van der Waals surface area contributed by atoms with Gasteiger partial charge in [-0.15, -0.1) is 0 Å². The van der Waals surface area contributed by atoms with Crippen molar-refractivity contribution in [3.8, 4) is 0 Å². The molecule has 0 amide bonds. The van der Waals surface area contributed by atoms with Crippen LogP contribution in [0.1, 0.15) is 0 Å². The van der Waals surface area contributed by atoms with Gasteiger partial charge in [0.2, 0.25) is 0 Å². The molecule has 0 aliphatic rings. The Labute approximate surface area is 50.9 Å². The minimum absolute atomic E-state index is 0. The summed E-state index contributed by atoms with van der Waals surface area (Å²) in [7, 11) is 0.0278. The molecular formula is HCl2PPt. The van der Waals surface area contributed by atoms with E-state index < -0.39 is 0 Å². The maximum absolute atomic E-state index is 4.79. The Bertz CT molecular complexity index is 6.00. The van der Waals surface area contributed by atoms with Crippen molar-refractivity contribution < 1.29 is 21.1 Å². The van der Waals surface area contributed by atoms with E-state index in [9.17, 15) is 0 Å². The summed E-state index contributed by atoms with van der Waals surface area (Å²) in [4.78, 5) is 0. The first-order chi connectivity index (χ1) is 1.41. The average Bonchev–Trinajstić information content (AvgIpc) is 0.918. The molecule has 4 heteroatoms. The molecule has 0 radical (unpaired) electrons. The molecule has 0 atom stereocenters. The molecule has 0 aromatic rings. The third-order valence-corrected chi connectivity index (χ3v) is 0. The first-order valence-electron chi connectivity index (χ1n) is 0.378. The van der Waals surface area contributed by atoms with Gasteiger partial charge in [-0.2, -0.15) is 0 Å². The summed E-state index contributed by atoms with van der Waals surface area (Å²) in [6.45, 7) is 0. The molecule has 0 saturated carbocycles. The van der Waals surface area contributed by atoms with Crippen LogP contribution in [0.3, 0.4) is 0 Å². The van der Waals surface area contributed by atoms with Gasteiger partial charge < -0.3 is 0 Å². The topological polar surface area (TPSA) is 0 Å². The Morgan fingerprint density at radius 3 is 1.25 bits per heavy atom. The van der Waals surface area contributed by atoms with Crippen molar-refractivity contribution in [1.29, 1.82) is 0 Å². The van der Waals surface area contributed by atoms with Gasteiger partial charge in [-0.25, -0.2) is 0 Å². The molecule has 0 aromatic carbocycles. The third kappa shape index (κ3) is 9.34. The normalized spacial score (nSPS) is 4.50. The molecular weight excluding hydrogens is 297 g/mol. The molecule has 30 valence electrons. The van der Waals surface area contributed by atoms with E-state index in [2.05, 4.69) is 0 Å². The van der Waals surface area contributed by atoms with Crippen molar-refractivity contribution in [1.82, 2.24) is 0 Å². The monoisotopic (exact) mass is 297 g/mol. The zero-order valence-corrected chi connectivity index (χ0v) is 6.36. The Balaban J connectivity index is 0. The minimum atomic E-state index is 0. The number of hydrogen-bond acceptors (Lipinski definition) is 0. The maximum atomic E-state index is 4.79. The van der Waals surface area contributed by atoms with Crippen LogP contribution in [0, 0.1) is 0 Å². The summed E-state index contributed by atoms with van der Waals surface area (Å²) in [5.74, 6) is 0. The Kier molecular flexibility index (Phi) is 20.3. The van der Waals surface area contributed by atoms with Crippen molar-refractivity contribution in [2.75, 3.05) is 0 Å². The second-order valence-corrected chi connectivity index (χ2v) is 1.93. The summed E-state index contributed by atoms with van der Waals surface area (Å²) < 4.78 is 0. The second kappa shape index (κ2) is 8.83. The van der Waals surface area contributed by atoms with Crippen LogP contribution in [0.25, 0.3) is 0 Å². The van der Waals surface area contributed by atoms with Crippen LogP contribution in [-0.4, -0.2) is 0 Å². The minimum Gasteiger partial charge on any atom is -0.0818 e. The number of halogens is 2. The quantitative estimate of drug-likeness (QED) is 0.600. The average molecular weight is 298 g/mol. The van der Waals surface area contributed by atoms with E-state index in [0.717, 1.165) is 0 Å². The van der Waals surface area contributed by atoms with Crippen LogP contribution in [0.5, 0.6) is 0 Å². The van der Waals surface area contributed by atoms with E-state index in [-0.39, 0.29) is 28.4 Å². The van der Waals surface area contributed by atoms with Crippen LogP contribution >= 0.6 is 29.8 Å². The molecule has 4 heavy (non-hydrogen) atoms. The molecule has 0 aromatic heterocycles. The van der Waals surface area contributed by atoms with Gasteiger partial charge in [-0.05, 0) is 0 Å². The van der Waals surface area contributed by atoms with Gasteiger partial charge >= 0.3 is 0 Å². The molecule has 0 fully saturated rings. The van der Waals surface area contributed by atoms with E-state index in [1.54, 1.807) is 0 Å². The molecule has 0 heterocycles. The SMILES string of the molecule is ClPCl.[Pt]. The maximum Gasteiger partial charge on any atom is 0.0713 e. The molecule has 0 rings (SSSR count). The molecule has 0 aliphatic carbocycles. The summed E-state index contributed by atoms with van der Waals surface area (Å²) in [5, 5.41) is 0. The van der Waals surface area contributed by atoms with Crippen LogP contribution in [-0.2, 0) is 21.1 Å². The van der Waals surface area contributed by atoms with Crippen molar-refractivity contribution in [2.24, 2.45) is 0 Å². The standard InChI is InChI=1S/Cl2HP.Pt/c1-3-2;/h3H;. The summed E-state index contributed by atoms with van der Waals surface area (Å²) in [5.41, 5.74) is 0. The van der Waals surface area contributed by atoms with Crippen molar-refractivity contribution in [2.45, 2.75) is 0 Å². The van der Waals surface area contributed by atoms with Crippen molar-refractivity contribution in [3.63, 3.8) is 0 Å². The summed E-state index contributed by atoms with van der Waals surface area (Å²) in [6, 6.07) is 0. The van der Waals surface area contributed by atoms with E-state index in [1.807, 2.05) is 0 Å². The largest absolute Gasteiger partial charge is 0.0818 e. The number of rotatable bonds is 0. The van der Waals surface area contributed by atoms with Gasteiger partial charge in [0.15, 0.2) is 0 Å². The van der Waals surface area contributed by atoms with Gasteiger partial charge in [-0.3, -0.25) is 0 Å². The summed E-state index contributed by atoms with van der Waals surface area (Å²) >= 11 is 9.58. The molecule has 0 nitrogen and oxygen atoms in total. The van der Waals surface area contributed by atoms with Gasteiger partial charge in [0.25, 0.3) is 0 Å². The molecule has 0 aliphatic heterocycles. The first-order valence-corrected chi connectivity index (χ1v) is 3.40. The fraction of sp³-hybridized carbons (Fsp3) is 0. The Morgan fingerprint density at radius 1 is 1.25 bits per heavy atom. The number of hydrogen-bond donors (Lipinski definition) is 0. The van der Waals surface area contributed by atoms with Crippen LogP contribution in [0.2, 0.25) is 0 Å². The second-order valence-electron chi connectivity index (χ2n) is 0.0714. The smallest absolute Gasteiger partial charge is 0.0713 e. The predicted molar refractivity (Wildman–Crippen MR) is 20.0 cm³/mol.